The molecule has 0 spiro atoms. The van der Waals surface area contributed by atoms with Gasteiger partial charge in [0.2, 0.25) is 0 Å². The van der Waals surface area contributed by atoms with Crippen molar-refractivity contribution < 1.29 is 4.74 Å². The molecule has 152 valence electrons. The van der Waals surface area contributed by atoms with Crippen molar-refractivity contribution in [1.82, 2.24) is 14.7 Å². The Labute approximate surface area is 166 Å². The summed E-state index contributed by atoms with van der Waals surface area (Å²) in [6.07, 6.45) is 3.79. The SMILES string of the molecule is Cc1cc(C)c(CN2CCN(C)CC2)cc1CN(C)CCC1CCOCC1. The van der Waals surface area contributed by atoms with E-state index >= 15 is 0 Å². The van der Waals surface area contributed by atoms with Crippen molar-refractivity contribution in [2.45, 2.75) is 46.2 Å². The quantitative estimate of drug-likeness (QED) is 0.730. The second-order valence-electron chi connectivity index (χ2n) is 8.87. The lowest BCUT2D eigenvalue weighted by Gasteiger charge is -2.33. The molecular formula is C23H39N3O. The minimum absolute atomic E-state index is 0.855. The van der Waals surface area contributed by atoms with E-state index < -0.39 is 0 Å². The van der Waals surface area contributed by atoms with Gasteiger partial charge in [-0.05, 0) is 81.9 Å². The van der Waals surface area contributed by atoms with Crippen LogP contribution in [-0.4, -0.2) is 74.7 Å². The molecule has 4 nitrogen and oxygen atoms in total. The van der Waals surface area contributed by atoms with E-state index in [9.17, 15) is 0 Å². The maximum Gasteiger partial charge on any atom is 0.0468 e. The summed E-state index contributed by atoms with van der Waals surface area (Å²) in [6.45, 7) is 14.6. The van der Waals surface area contributed by atoms with Crippen molar-refractivity contribution in [2.24, 2.45) is 5.92 Å². The molecule has 2 aliphatic rings. The molecule has 2 heterocycles. The lowest BCUT2D eigenvalue weighted by atomic mass is 9.96. The fraction of sp³-hybridized carbons (Fsp3) is 0.739. The highest BCUT2D eigenvalue weighted by Gasteiger charge is 2.17. The first-order valence-electron chi connectivity index (χ1n) is 10.8. The maximum absolute atomic E-state index is 5.49. The van der Waals surface area contributed by atoms with E-state index in [0.717, 1.165) is 32.2 Å². The van der Waals surface area contributed by atoms with Crippen molar-refractivity contribution in [2.75, 3.05) is 60.0 Å². The molecule has 0 bridgehead atoms. The summed E-state index contributed by atoms with van der Waals surface area (Å²) in [5.41, 5.74) is 5.89. The zero-order valence-electron chi connectivity index (χ0n) is 18.0. The minimum atomic E-state index is 0.855. The molecule has 1 aromatic rings. The first kappa shape index (κ1) is 20.8. The molecule has 2 aliphatic heterocycles. The predicted octanol–water partition coefficient (Wildman–Crippen LogP) is 3.30. The van der Waals surface area contributed by atoms with Gasteiger partial charge >= 0.3 is 0 Å². The molecule has 4 heteroatoms. The third-order valence-electron chi connectivity index (χ3n) is 6.48. The van der Waals surface area contributed by atoms with Crippen LogP contribution in [0.1, 0.15) is 41.5 Å². The second-order valence-corrected chi connectivity index (χ2v) is 8.87. The minimum Gasteiger partial charge on any atom is -0.381 e. The van der Waals surface area contributed by atoms with Crippen LogP contribution in [0, 0.1) is 19.8 Å². The molecule has 0 radical (unpaired) electrons. The van der Waals surface area contributed by atoms with Crippen molar-refractivity contribution in [3.63, 3.8) is 0 Å². The molecule has 0 N–H and O–H groups in total. The van der Waals surface area contributed by atoms with Gasteiger partial charge < -0.3 is 14.5 Å². The van der Waals surface area contributed by atoms with Gasteiger partial charge in [-0.1, -0.05) is 12.1 Å². The first-order chi connectivity index (χ1) is 13.0. The molecule has 0 atom stereocenters. The van der Waals surface area contributed by atoms with Crippen LogP contribution in [0.5, 0.6) is 0 Å². The van der Waals surface area contributed by atoms with Crippen LogP contribution in [0.2, 0.25) is 0 Å². The largest absolute Gasteiger partial charge is 0.381 e. The third kappa shape index (κ3) is 6.28. The molecule has 2 fully saturated rings. The summed E-state index contributed by atoms with van der Waals surface area (Å²) in [5.74, 6) is 0.855. The molecule has 3 rings (SSSR count). The maximum atomic E-state index is 5.49. The summed E-state index contributed by atoms with van der Waals surface area (Å²) < 4.78 is 5.49. The Morgan fingerprint density at radius 2 is 1.67 bits per heavy atom. The lowest BCUT2D eigenvalue weighted by molar-refractivity contribution is 0.0608. The van der Waals surface area contributed by atoms with Gasteiger partial charge in [0, 0.05) is 52.5 Å². The number of likely N-dealkylation sites (N-methyl/N-ethyl adjacent to an activating group) is 1. The van der Waals surface area contributed by atoms with Crippen LogP contribution >= 0.6 is 0 Å². The first-order valence-corrected chi connectivity index (χ1v) is 10.8. The molecule has 0 unspecified atom stereocenters. The molecule has 0 saturated carbocycles. The van der Waals surface area contributed by atoms with E-state index in [-0.39, 0.29) is 0 Å². The van der Waals surface area contributed by atoms with Crippen LogP contribution in [0.4, 0.5) is 0 Å². The number of piperazine rings is 1. The van der Waals surface area contributed by atoms with E-state index in [1.807, 2.05) is 0 Å². The lowest BCUT2D eigenvalue weighted by Crippen LogP contribution is -2.44. The van der Waals surface area contributed by atoms with Gasteiger partial charge in [-0.3, -0.25) is 4.90 Å². The summed E-state index contributed by atoms with van der Waals surface area (Å²) in [6, 6.07) is 4.88. The topological polar surface area (TPSA) is 19.0 Å². The Kier molecular flexibility index (Phi) is 7.71. The highest BCUT2D eigenvalue weighted by Crippen LogP contribution is 2.22. The van der Waals surface area contributed by atoms with Crippen LogP contribution in [0.3, 0.4) is 0 Å². The molecule has 1 aromatic carbocycles. The molecule has 0 amide bonds. The van der Waals surface area contributed by atoms with Crippen LogP contribution in [-0.2, 0) is 17.8 Å². The van der Waals surface area contributed by atoms with Gasteiger partial charge in [0.1, 0.15) is 0 Å². The van der Waals surface area contributed by atoms with Gasteiger partial charge in [0.05, 0.1) is 0 Å². The highest BCUT2D eigenvalue weighted by atomic mass is 16.5. The summed E-state index contributed by atoms with van der Waals surface area (Å²) in [4.78, 5) is 7.54. The second kappa shape index (κ2) is 10.0. The van der Waals surface area contributed by atoms with Crippen molar-refractivity contribution >= 4 is 0 Å². The number of hydrogen-bond acceptors (Lipinski definition) is 4. The van der Waals surface area contributed by atoms with Gasteiger partial charge in [-0.15, -0.1) is 0 Å². The molecule has 0 aromatic heterocycles. The smallest absolute Gasteiger partial charge is 0.0468 e. The van der Waals surface area contributed by atoms with Crippen LogP contribution < -0.4 is 0 Å². The van der Waals surface area contributed by atoms with Crippen LogP contribution in [0.15, 0.2) is 12.1 Å². The summed E-state index contributed by atoms with van der Waals surface area (Å²) >= 11 is 0. The van der Waals surface area contributed by atoms with E-state index in [4.69, 9.17) is 4.74 Å². The Morgan fingerprint density at radius 1 is 1.00 bits per heavy atom. The van der Waals surface area contributed by atoms with Crippen molar-refractivity contribution in [3.05, 3.63) is 34.4 Å². The normalized spacial score (nSPS) is 20.5. The zero-order valence-corrected chi connectivity index (χ0v) is 18.0. The number of aryl methyl sites for hydroxylation is 2. The standard InChI is InChI=1S/C23H39N3O/c1-19-15-20(2)23(18-26-11-9-24(3)10-12-26)16-22(19)17-25(4)8-5-21-6-13-27-14-7-21/h15-16,21H,5-14,17-18H2,1-4H3. The Balaban J connectivity index is 1.55. The highest BCUT2D eigenvalue weighted by molar-refractivity contribution is 5.37. The third-order valence-corrected chi connectivity index (χ3v) is 6.48. The summed E-state index contributed by atoms with van der Waals surface area (Å²) in [5, 5.41) is 0. The van der Waals surface area contributed by atoms with Crippen LogP contribution in [0.25, 0.3) is 0 Å². The monoisotopic (exact) mass is 373 g/mol. The number of ether oxygens (including phenoxy) is 1. The Hall–Kier alpha value is -0.940. The van der Waals surface area contributed by atoms with Crippen molar-refractivity contribution in [3.8, 4) is 0 Å². The average molecular weight is 374 g/mol. The molecule has 27 heavy (non-hydrogen) atoms. The number of benzene rings is 1. The van der Waals surface area contributed by atoms with E-state index in [1.165, 1.54) is 74.2 Å². The Morgan fingerprint density at radius 3 is 2.37 bits per heavy atom. The number of hydrogen-bond donors (Lipinski definition) is 0. The fourth-order valence-electron chi connectivity index (χ4n) is 4.34. The molecular weight excluding hydrogens is 334 g/mol. The van der Waals surface area contributed by atoms with Gasteiger partial charge in [-0.2, -0.15) is 0 Å². The summed E-state index contributed by atoms with van der Waals surface area (Å²) in [7, 11) is 4.50. The molecule has 0 aliphatic carbocycles. The Bertz CT molecular complexity index is 590. The van der Waals surface area contributed by atoms with Crippen molar-refractivity contribution in [1.29, 1.82) is 0 Å². The van der Waals surface area contributed by atoms with Gasteiger partial charge in [0.15, 0.2) is 0 Å². The van der Waals surface area contributed by atoms with E-state index in [1.54, 1.807) is 0 Å². The predicted molar refractivity (Wildman–Crippen MR) is 113 cm³/mol. The number of nitrogens with zero attached hydrogens (tertiary/aromatic N) is 3. The fourth-order valence-corrected chi connectivity index (χ4v) is 4.34. The van der Waals surface area contributed by atoms with Gasteiger partial charge in [0.25, 0.3) is 0 Å². The van der Waals surface area contributed by atoms with Gasteiger partial charge in [-0.25, -0.2) is 0 Å². The van der Waals surface area contributed by atoms with E-state index in [2.05, 4.69) is 54.8 Å². The molecule has 2 saturated heterocycles. The zero-order chi connectivity index (χ0) is 19.2. The number of rotatable bonds is 7. The average Bonchev–Trinajstić information content (AvgIpc) is 2.66. The van der Waals surface area contributed by atoms with E-state index in [0.29, 0.717) is 0 Å².